The molecule has 0 saturated heterocycles. The fourth-order valence-electron chi connectivity index (χ4n) is 9.34. The summed E-state index contributed by atoms with van der Waals surface area (Å²) in [6, 6.07) is 33.8. The Kier molecular flexibility index (Phi) is 6.21. The number of pyridine rings is 3. The zero-order valence-electron chi connectivity index (χ0n) is 31.4. The van der Waals surface area contributed by atoms with E-state index in [1.165, 1.54) is 77.0 Å². The number of para-hydroxylation sites is 1. The summed E-state index contributed by atoms with van der Waals surface area (Å²) in [5.74, 6) is 0. The van der Waals surface area contributed by atoms with E-state index in [-0.39, 0.29) is 17.5 Å². The van der Waals surface area contributed by atoms with Crippen LogP contribution in [0.15, 0.2) is 128 Å². The maximum atomic E-state index is 4.79. The molecule has 6 nitrogen and oxygen atoms in total. The molecule has 0 fully saturated rings. The highest BCUT2D eigenvalue weighted by Crippen LogP contribution is 2.54. The van der Waals surface area contributed by atoms with Gasteiger partial charge in [-0.15, -0.1) is 0 Å². The lowest BCUT2D eigenvalue weighted by Gasteiger charge is -2.44. The van der Waals surface area contributed by atoms with Crippen molar-refractivity contribution in [1.82, 2.24) is 19.4 Å². The number of aromatic nitrogens is 4. The smallest absolute Gasteiger partial charge is 0.252 e. The largest absolute Gasteiger partial charge is 0.309 e. The number of nitrogens with zero attached hydrogens (tertiary/aromatic N) is 6. The highest BCUT2D eigenvalue weighted by atomic mass is 15.2. The molecule has 2 aliphatic heterocycles. The molecule has 2 aliphatic rings. The van der Waals surface area contributed by atoms with E-state index in [9.17, 15) is 0 Å². The van der Waals surface area contributed by atoms with E-state index in [2.05, 4.69) is 152 Å². The van der Waals surface area contributed by atoms with Crippen molar-refractivity contribution in [3.8, 4) is 0 Å². The molecule has 4 aromatic carbocycles. The van der Waals surface area contributed by atoms with E-state index < -0.39 is 0 Å². The third-order valence-corrected chi connectivity index (χ3v) is 11.9. The van der Waals surface area contributed by atoms with Crippen molar-refractivity contribution in [2.45, 2.75) is 52.4 Å². The Hall–Kier alpha value is -6.21. The minimum atomic E-state index is -0.0569. The van der Waals surface area contributed by atoms with Crippen LogP contribution in [-0.2, 0) is 10.8 Å². The number of fused-ring (bicyclic) bond motifs is 12. The van der Waals surface area contributed by atoms with Gasteiger partial charge in [0.05, 0.1) is 63.6 Å². The number of hydrogen-bond acceptors (Lipinski definition) is 5. The topological polar surface area (TPSA) is 49.6 Å². The average molecular weight is 699 g/mol. The molecule has 0 saturated carbocycles. The van der Waals surface area contributed by atoms with Crippen LogP contribution in [0.3, 0.4) is 0 Å². The van der Waals surface area contributed by atoms with Gasteiger partial charge in [0.15, 0.2) is 0 Å². The van der Waals surface area contributed by atoms with Gasteiger partial charge in [0.2, 0.25) is 0 Å². The van der Waals surface area contributed by atoms with Crippen molar-refractivity contribution in [2.75, 3.05) is 9.80 Å². The van der Waals surface area contributed by atoms with Crippen molar-refractivity contribution in [2.24, 2.45) is 0 Å². The lowest BCUT2D eigenvalue weighted by Crippen LogP contribution is -2.61. The number of benzene rings is 4. The SMILES string of the molecule is CC(C)(C)c1ccc2c(c1)c1c3c4c(c5c6cc(C(C)(C)C)ccc6n2c15)N(c1cccnc1)c1cnccc1B4c1ccncc1N3c1ccccc1. The van der Waals surface area contributed by atoms with Crippen molar-refractivity contribution >= 4 is 95.3 Å². The van der Waals surface area contributed by atoms with Crippen LogP contribution >= 0.6 is 0 Å². The van der Waals surface area contributed by atoms with Gasteiger partial charge in [-0.2, -0.15) is 0 Å². The van der Waals surface area contributed by atoms with Crippen LogP contribution in [0, 0.1) is 0 Å². The maximum absolute atomic E-state index is 4.79. The van der Waals surface area contributed by atoms with Crippen LogP contribution < -0.4 is 26.2 Å². The molecule has 7 heterocycles. The lowest BCUT2D eigenvalue weighted by molar-refractivity contribution is 0.591. The molecular formula is C47H39BN6. The molecule has 0 radical (unpaired) electrons. The van der Waals surface area contributed by atoms with Gasteiger partial charge in [0, 0.05) is 45.8 Å². The highest BCUT2D eigenvalue weighted by Gasteiger charge is 2.46. The maximum Gasteiger partial charge on any atom is 0.252 e. The molecule has 54 heavy (non-hydrogen) atoms. The molecule has 0 bridgehead atoms. The van der Waals surface area contributed by atoms with Crippen LogP contribution in [0.2, 0.25) is 0 Å². The monoisotopic (exact) mass is 698 g/mol. The first-order valence-electron chi connectivity index (χ1n) is 18.9. The third-order valence-electron chi connectivity index (χ3n) is 11.9. The molecule has 0 unspecified atom stereocenters. The van der Waals surface area contributed by atoms with Crippen LogP contribution in [0.1, 0.15) is 52.7 Å². The van der Waals surface area contributed by atoms with Gasteiger partial charge in [-0.05, 0) is 99.0 Å². The van der Waals surface area contributed by atoms with Gasteiger partial charge in [-0.25, -0.2) is 0 Å². The molecule has 0 atom stereocenters. The molecule has 11 rings (SSSR count). The summed E-state index contributed by atoms with van der Waals surface area (Å²) in [7, 11) is 0. The number of rotatable bonds is 2. The predicted molar refractivity (Wildman–Crippen MR) is 226 cm³/mol. The second-order valence-electron chi connectivity index (χ2n) is 17.0. The molecule has 7 heteroatoms. The third kappa shape index (κ3) is 4.10. The van der Waals surface area contributed by atoms with Crippen LogP contribution in [0.25, 0.3) is 38.1 Å². The second-order valence-corrected chi connectivity index (χ2v) is 17.0. The fourth-order valence-corrected chi connectivity index (χ4v) is 9.34. The predicted octanol–water partition coefficient (Wildman–Crippen LogP) is 9.70. The molecule has 0 amide bonds. The molecular weight excluding hydrogens is 659 g/mol. The Morgan fingerprint density at radius 2 is 1.04 bits per heavy atom. The van der Waals surface area contributed by atoms with Crippen LogP contribution in [0.5, 0.6) is 0 Å². The summed E-state index contributed by atoms with van der Waals surface area (Å²) in [5.41, 5.74) is 16.6. The summed E-state index contributed by atoms with van der Waals surface area (Å²) in [4.78, 5) is 19.2. The van der Waals surface area contributed by atoms with Crippen LogP contribution in [-0.4, -0.2) is 26.1 Å². The highest BCUT2D eigenvalue weighted by molar-refractivity contribution is 7.01. The van der Waals surface area contributed by atoms with E-state index in [0.29, 0.717) is 0 Å². The fraction of sp³-hybridized carbons (Fsp3) is 0.170. The van der Waals surface area contributed by atoms with Gasteiger partial charge in [-0.3, -0.25) is 15.0 Å². The normalized spacial score (nSPS) is 14.0. The Morgan fingerprint density at radius 3 is 1.56 bits per heavy atom. The lowest BCUT2D eigenvalue weighted by atomic mass is 9.33. The van der Waals surface area contributed by atoms with Gasteiger partial charge in [0.25, 0.3) is 6.71 Å². The second kappa shape index (κ2) is 10.7. The Bertz CT molecular complexity index is 2780. The van der Waals surface area contributed by atoms with Gasteiger partial charge in [-0.1, -0.05) is 71.9 Å². The van der Waals surface area contributed by atoms with E-state index >= 15 is 0 Å². The van der Waals surface area contributed by atoms with E-state index in [1.54, 1.807) is 0 Å². The molecule has 260 valence electrons. The summed E-state index contributed by atoms with van der Waals surface area (Å²) in [5, 5.41) is 5.05. The standard InChI is InChI=1S/C47H39BN6/c1-46(2,3)28-14-16-36-32(23-28)40-43-41(33-24-29(47(4,5)6)15-17-37(33)54(36)43)45-42-44(40)52(30-11-8-7-9-12-30)38-26-50-21-18-34(38)48(42)35-19-22-51-27-39(35)53(45)31-13-10-20-49-25-31/h7-27H,1-6H3. The molecule has 5 aromatic heterocycles. The first kappa shape index (κ1) is 31.3. The van der Waals surface area contributed by atoms with Gasteiger partial charge in [0.1, 0.15) is 0 Å². The van der Waals surface area contributed by atoms with Crippen LogP contribution in [0.4, 0.5) is 34.1 Å². The van der Waals surface area contributed by atoms with E-state index in [1.807, 2.05) is 37.1 Å². The summed E-state index contributed by atoms with van der Waals surface area (Å²) >= 11 is 0. The number of hydrogen-bond donors (Lipinski definition) is 0. The molecule has 9 aromatic rings. The quantitative estimate of drug-likeness (QED) is 0.168. The molecule has 0 N–H and O–H groups in total. The molecule has 0 aliphatic carbocycles. The number of anilines is 6. The molecule has 0 spiro atoms. The first-order chi connectivity index (χ1) is 26.1. The first-order valence-corrected chi connectivity index (χ1v) is 18.9. The van der Waals surface area contributed by atoms with Crippen molar-refractivity contribution in [3.05, 3.63) is 139 Å². The van der Waals surface area contributed by atoms with Crippen molar-refractivity contribution in [1.29, 1.82) is 0 Å². The average Bonchev–Trinajstić information content (AvgIpc) is 3.69. The summed E-state index contributed by atoms with van der Waals surface area (Å²) in [6.45, 7) is 13.8. The Labute approximate surface area is 315 Å². The van der Waals surface area contributed by atoms with E-state index in [0.717, 1.165) is 22.7 Å². The van der Waals surface area contributed by atoms with Crippen molar-refractivity contribution < 1.29 is 0 Å². The van der Waals surface area contributed by atoms with Gasteiger partial charge < -0.3 is 14.2 Å². The zero-order valence-corrected chi connectivity index (χ0v) is 31.4. The minimum absolute atomic E-state index is 0.0261. The van der Waals surface area contributed by atoms with Gasteiger partial charge >= 0.3 is 0 Å². The van der Waals surface area contributed by atoms with Crippen molar-refractivity contribution in [3.63, 3.8) is 0 Å². The van der Waals surface area contributed by atoms with E-state index in [4.69, 9.17) is 9.97 Å². The minimum Gasteiger partial charge on any atom is -0.309 e. The Balaban J connectivity index is 1.46. The summed E-state index contributed by atoms with van der Waals surface area (Å²) < 4.78 is 2.54. The zero-order chi connectivity index (χ0) is 36.7. The summed E-state index contributed by atoms with van der Waals surface area (Å²) in [6.07, 6.45) is 11.8. The Morgan fingerprint density at radius 1 is 0.519 bits per heavy atom.